The largest absolute Gasteiger partial charge is 0.573 e. The first-order valence-corrected chi connectivity index (χ1v) is 8.94. The Morgan fingerprint density at radius 3 is 2.46 bits per heavy atom. The maximum atomic E-state index is 12.6. The number of halogens is 5. The fourth-order valence-corrected chi connectivity index (χ4v) is 3.85. The third kappa shape index (κ3) is 3.93. The second kappa shape index (κ2) is 7.26. The van der Waals surface area contributed by atoms with Gasteiger partial charge in [0, 0.05) is 27.7 Å². The zero-order valence-electron chi connectivity index (χ0n) is 15.0. The molecule has 0 unspecified atom stereocenters. The van der Waals surface area contributed by atoms with E-state index >= 15 is 0 Å². The lowest BCUT2D eigenvalue weighted by atomic mass is 10.1. The van der Waals surface area contributed by atoms with E-state index in [9.17, 15) is 18.3 Å². The molecule has 0 aliphatic heterocycles. The molecule has 0 atom stereocenters. The number of nitrogens with zero attached hydrogens (tertiary/aromatic N) is 1. The number of ether oxygens (including phenoxy) is 1. The SMILES string of the molecule is C=C(O)c1ccc(Cl)c(Cn2cc(C)c3cc(OC(F)(F)F)cc(C)c32)c1Cl. The number of hydrogen-bond donors (Lipinski definition) is 1. The Bertz CT molecular complexity index is 1090. The van der Waals surface area contributed by atoms with Gasteiger partial charge >= 0.3 is 6.36 Å². The summed E-state index contributed by atoms with van der Waals surface area (Å²) in [6.45, 7) is 7.26. The monoisotopic (exact) mass is 429 g/mol. The lowest BCUT2D eigenvalue weighted by Crippen LogP contribution is -2.17. The number of rotatable bonds is 4. The van der Waals surface area contributed by atoms with Crippen LogP contribution in [-0.4, -0.2) is 16.0 Å². The smallest absolute Gasteiger partial charge is 0.508 e. The van der Waals surface area contributed by atoms with Crippen molar-refractivity contribution in [1.29, 1.82) is 0 Å². The number of fused-ring (bicyclic) bond motifs is 1. The molecule has 0 bridgehead atoms. The highest BCUT2D eigenvalue weighted by Gasteiger charge is 2.31. The average Bonchev–Trinajstić information content (AvgIpc) is 2.86. The summed E-state index contributed by atoms with van der Waals surface area (Å²) in [4.78, 5) is 0. The fourth-order valence-electron chi connectivity index (χ4n) is 3.25. The topological polar surface area (TPSA) is 34.4 Å². The van der Waals surface area contributed by atoms with E-state index in [1.54, 1.807) is 26.0 Å². The van der Waals surface area contributed by atoms with Crippen LogP contribution in [0.25, 0.3) is 16.7 Å². The zero-order valence-corrected chi connectivity index (χ0v) is 16.5. The Hall–Kier alpha value is -2.31. The van der Waals surface area contributed by atoms with Crippen molar-refractivity contribution < 1.29 is 23.0 Å². The van der Waals surface area contributed by atoms with Crippen LogP contribution in [0, 0.1) is 13.8 Å². The minimum absolute atomic E-state index is 0.179. The molecule has 0 fully saturated rings. The van der Waals surface area contributed by atoms with Gasteiger partial charge in [0.1, 0.15) is 11.5 Å². The van der Waals surface area contributed by atoms with Crippen LogP contribution in [0.15, 0.2) is 37.0 Å². The number of aryl methyl sites for hydroxylation is 2. The predicted molar refractivity (Wildman–Crippen MR) is 105 cm³/mol. The third-order valence-corrected chi connectivity index (χ3v) is 5.18. The van der Waals surface area contributed by atoms with Gasteiger partial charge in [0.15, 0.2) is 0 Å². The Kier molecular flexibility index (Phi) is 5.30. The molecule has 0 aliphatic rings. The summed E-state index contributed by atoms with van der Waals surface area (Å²) in [5, 5.41) is 11.0. The number of alkyl halides is 3. The van der Waals surface area contributed by atoms with Crippen molar-refractivity contribution >= 4 is 39.9 Å². The van der Waals surface area contributed by atoms with Gasteiger partial charge < -0.3 is 14.4 Å². The Morgan fingerprint density at radius 2 is 1.86 bits per heavy atom. The van der Waals surface area contributed by atoms with Crippen molar-refractivity contribution in [3.8, 4) is 5.75 Å². The van der Waals surface area contributed by atoms with E-state index in [1.165, 1.54) is 12.1 Å². The van der Waals surface area contributed by atoms with Gasteiger partial charge in [0.25, 0.3) is 0 Å². The van der Waals surface area contributed by atoms with Crippen LogP contribution in [0.2, 0.25) is 10.0 Å². The highest BCUT2D eigenvalue weighted by molar-refractivity contribution is 6.37. The normalized spacial score (nSPS) is 11.8. The number of aliphatic hydroxyl groups is 1. The molecule has 1 aromatic heterocycles. The molecule has 3 aromatic rings. The Morgan fingerprint density at radius 1 is 1.18 bits per heavy atom. The van der Waals surface area contributed by atoms with E-state index in [4.69, 9.17) is 23.2 Å². The van der Waals surface area contributed by atoms with Crippen molar-refractivity contribution in [2.45, 2.75) is 26.8 Å². The van der Waals surface area contributed by atoms with Crippen molar-refractivity contribution in [2.24, 2.45) is 0 Å². The molecule has 1 N–H and O–H groups in total. The standard InChI is InChI=1S/C20H16Cl2F3NO2/c1-10-6-13(28-20(23,24)25)7-15-11(2)8-26(19(10)15)9-16-17(21)5-4-14(12(3)27)18(16)22/h4-8,27H,3,9H2,1-2H3. The second-order valence-corrected chi connectivity index (χ2v) is 7.24. The number of hydrogen-bond acceptors (Lipinski definition) is 2. The quantitative estimate of drug-likeness (QED) is 0.451. The lowest BCUT2D eigenvalue weighted by Gasteiger charge is -2.14. The van der Waals surface area contributed by atoms with Gasteiger partial charge in [0.2, 0.25) is 0 Å². The van der Waals surface area contributed by atoms with Gasteiger partial charge in [-0.05, 0) is 49.2 Å². The highest BCUT2D eigenvalue weighted by Crippen LogP contribution is 2.35. The minimum atomic E-state index is -4.76. The molecule has 0 saturated heterocycles. The van der Waals surface area contributed by atoms with Crippen LogP contribution < -0.4 is 4.74 Å². The maximum absolute atomic E-state index is 12.6. The Balaban J connectivity index is 2.11. The molecule has 2 aromatic carbocycles. The van der Waals surface area contributed by atoms with Crippen LogP contribution in [0.4, 0.5) is 13.2 Å². The zero-order chi connectivity index (χ0) is 20.8. The van der Waals surface area contributed by atoms with Crippen molar-refractivity contribution in [3.05, 3.63) is 69.3 Å². The van der Waals surface area contributed by atoms with Gasteiger partial charge in [-0.2, -0.15) is 0 Å². The number of aromatic nitrogens is 1. The molecule has 0 radical (unpaired) electrons. The number of aliphatic hydroxyl groups excluding tert-OH is 1. The molecule has 3 rings (SSSR count). The predicted octanol–water partition coefficient (Wildman–Crippen LogP) is 7.04. The van der Waals surface area contributed by atoms with Gasteiger partial charge in [-0.3, -0.25) is 0 Å². The highest BCUT2D eigenvalue weighted by atomic mass is 35.5. The summed E-state index contributed by atoms with van der Waals surface area (Å²) in [5.41, 5.74) is 3.07. The van der Waals surface area contributed by atoms with E-state index in [1.807, 2.05) is 10.8 Å². The molecule has 28 heavy (non-hydrogen) atoms. The van der Waals surface area contributed by atoms with Crippen LogP contribution in [0.3, 0.4) is 0 Å². The van der Waals surface area contributed by atoms with Crippen LogP contribution >= 0.6 is 23.2 Å². The summed E-state index contributed by atoms with van der Waals surface area (Å²) < 4.78 is 43.6. The minimum Gasteiger partial charge on any atom is -0.508 e. The fraction of sp³-hybridized carbons (Fsp3) is 0.200. The van der Waals surface area contributed by atoms with Crippen LogP contribution in [0.1, 0.15) is 22.3 Å². The van der Waals surface area contributed by atoms with E-state index in [-0.39, 0.29) is 23.1 Å². The molecule has 3 nitrogen and oxygen atoms in total. The van der Waals surface area contributed by atoms with E-state index in [2.05, 4.69) is 11.3 Å². The van der Waals surface area contributed by atoms with Crippen molar-refractivity contribution in [3.63, 3.8) is 0 Å². The second-order valence-electron chi connectivity index (χ2n) is 6.46. The molecule has 148 valence electrons. The molecule has 1 heterocycles. The summed E-state index contributed by atoms with van der Waals surface area (Å²) >= 11 is 12.7. The molecule has 0 spiro atoms. The molecule has 0 aliphatic carbocycles. The van der Waals surface area contributed by atoms with Crippen LogP contribution in [-0.2, 0) is 6.54 Å². The molecule has 0 amide bonds. The first-order valence-electron chi connectivity index (χ1n) is 8.19. The van der Waals surface area contributed by atoms with Crippen molar-refractivity contribution in [1.82, 2.24) is 4.57 Å². The Labute approximate surface area is 169 Å². The average molecular weight is 430 g/mol. The molecule has 8 heteroatoms. The van der Waals surface area contributed by atoms with E-state index in [0.29, 0.717) is 27.1 Å². The van der Waals surface area contributed by atoms with Gasteiger partial charge in [-0.15, -0.1) is 13.2 Å². The summed E-state index contributed by atoms with van der Waals surface area (Å²) in [6, 6.07) is 5.87. The molecule has 0 saturated carbocycles. The van der Waals surface area contributed by atoms with Gasteiger partial charge in [0.05, 0.1) is 17.1 Å². The third-order valence-electron chi connectivity index (χ3n) is 4.39. The lowest BCUT2D eigenvalue weighted by molar-refractivity contribution is -0.274. The summed E-state index contributed by atoms with van der Waals surface area (Å²) in [7, 11) is 0. The summed E-state index contributed by atoms with van der Waals surface area (Å²) in [5.74, 6) is -0.449. The van der Waals surface area contributed by atoms with E-state index in [0.717, 1.165) is 11.1 Å². The van der Waals surface area contributed by atoms with Crippen molar-refractivity contribution in [2.75, 3.05) is 0 Å². The van der Waals surface area contributed by atoms with Gasteiger partial charge in [-0.1, -0.05) is 29.8 Å². The summed E-state index contributed by atoms with van der Waals surface area (Å²) in [6.07, 6.45) is -2.95. The molecular weight excluding hydrogens is 414 g/mol. The molecular formula is C20H16Cl2F3NO2. The van der Waals surface area contributed by atoms with Crippen LogP contribution in [0.5, 0.6) is 5.75 Å². The van der Waals surface area contributed by atoms with E-state index < -0.39 is 6.36 Å². The number of benzene rings is 2. The first-order chi connectivity index (χ1) is 13.0. The maximum Gasteiger partial charge on any atom is 0.573 e. The van der Waals surface area contributed by atoms with Gasteiger partial charge in [-0.25, -0.2) is 0 Å². The first kappa shape index (κ1) is 20.4.